The van der Waals surface area contributed by atoms with Gasteiger partial charge in [0.1, 0.15) is 0 Å². The summed E-state index contributed by atoms with van der Waals surface area (Å²) >= 11 is 0. The second-order valence-electron chi connectivity index (χ2n) is 3.97. The first-order valence-corrected chi connectivity index (χ1v) is 3.98. The van der Waals surface area contributed by atoms with Gasteiger partial charge in [0.2, 0.25) is 5.91 Å². The van der Waals surface area contributed by atoms with Crippen LogP contribution in [0, 0.1) is 5.41 Å². The van der Waals surface area contributed by atoms with E-state index in [4.69, 9.17) is 4.74 Å². The van der Waals surface area contributed by atoms with Crippen molar-refractivity contribution in [2.75, 3.05) is 0 Å². The number of amides is 1. The van der Waals surface area contributed by atoms with E-state index in [1.807, 2.05) is 6.92 Å². The predicted molar refractivity (Wildman–Crippen MR) is 40.0 cm³/mol. The largest absolute Gasteiger partial charge is 0.439 e. The SMILES string of the molecule is CC12CC(=O)NC1(C)OC(=O)C2. The lowest BCUT2D eigenvalue weighted by atomic mass is 9.80. The molecule has 0 aromatic rings. The highest BCUT2D eigenvalue weighted by Crippen LogP contribution is 2.48. The van der Waals surface area contributed by atoms with Crippen LogP contribution in [-0.4, -0.2) is 17.6 Å². The van der Waals surface area contributed by atoms with Crippen molar-refractivity contribution in [3.63, 3.8) is 0 Å². The third-order valence-corrected chi connectivity index (χ3v) is 2.93. The summed E-state index contributed by atoms with van der Waals surface area (Å²) in [5, 5.41) is 2.68. The van der Waals surface area contributed by atoms with Gasteiger partial charge in [-0.05, 0) is 6.92 Å². The van der Waals surface area contributed by atoms with E-state index >= 15 is 0 Å². The van der Waals surface area contributed by atoms with E-state index in [0.717, 1.165) is 0 Å². The number of hydrogen-bond acceptors (Lipinski definition) is 3. The fourth-order valence-corrected chi connectivity index (χ4v) is 1.95. The van der Waals surface area contributed by atoms with Gasteiger partial charge in [-0.1, -0.05) is 6.92 Å². The second-order valence-corrected chi connectivity index (χ2v) is 3.97. The number of esters is 1. The molecule has 2 saturated heterocycles. The van der Waals surface area contributed by atoms with Crippen molar-refractivity contribution >= 4 is 11.9 Å². The molecular formula is C8H11NO3. The quantitative estimate of drug-likeness (QED) is 0.526. The van der Waals surface area contributed by atoms with E-state index in [1.54, 1.807) is 6.92 Å². The summed E-state index contributed by atoms with van der Waals surface area (Å²) in [6.45, 7) is 3.65. The molecule has 2 aliphatic heterocycles. The van der Waals surface area contributed by atoms with Crippen molar-refractivity contribution in [2.24, 2.45) is 5.41 Å². The van der Waals surface area contributed by atoms with Crippen molar-refractivity contribution in [2.45, 2.75) is 32.4 Å². The highest BCUT2D eigenvalue weighted by Gasteiger charge is 2.60. The van der Waals surface area contributed by atoms with Gasteiger partial charge in [0.15, 0.2) is 5.72 Å². The summed E-state index contributed by atoms with van der Waals surface area (Å²) in [5.74, 6) is -0.257. The third kappa shape index (κ3) is 0.722. The van der Waals surface area contributed by atoms with Crippen LogP contribution in [-0.2, 0) is 14.3 Å². The zero-order valence-electron chi connectivity index (χ0n) is 7.14. The van der Waals surface area contributed by atoms with Crippen molar-refractivity contribution < 1.29 is 14.3 Å². The van der Waals surface area contributed by atoms with Gasteiger partial charge in [-0.2, -0.15) is 0 Å². The van der Waals surface area contributed by atoms with Crippen LogP contribution in [0.1, 0.15) is 26.7 Å². The Morgan fingerprint density at radius 1 is 1.33 bits per heavy atom. The lowest BCUT2D eigenvalue weighted by Crippen LogP contribution is -2.46. The highest BCUT2D eigenvalue weighted by atomic mass is 16.6. The Bertz CT molecular complexity index is 227. The maximum atomic E-state index is 11.1. The van der Waals surface area contributed by atoms with E-state index in [0.29, 0.717) is 12.8 Å². The summed E-state index contributed by atoms with van der Waals surface area (Å²) < 4.78 is 5.08. The average Bonchev–Trinajstić information content (AvgIpc) is 2.09. The van der Waals surface area contributed by atoms with Crippen molar-refractivity contribution in [1.29, 1.82) is 0 Å². The molecule has 12 heavy (non-hydrogen) atoms. The van der Waals surface area contributed by atoms with Crippen LogP contribution in [0.15, 0.2) is 0 Å². The van der Waals surface area contributed by atoms with E-state index < -0.39 is 5.72 Å². The maximum absolute atomic E-state index is 11.1. The molecule has 2 unspecified atom stereocenters. The van der Waals surface area contributed by atoms with Crippen LogP contribution >= 0.6 is 0 Å². The van der Waals surface area contributed by atoms with Crippen LogP contribution in [0.25, 0.3) is 0 Å². The molecule has 4 nitrogen and oxygen atoms in total. The van der Waals surface area contributed by atoms with Crippen LogP contribution in [0.2, 0.25) is 0 Å². The van der Waals surface area contributed by atoms with Crippen LogP contribution < -0.4 is 5.32 Å². The molecular weight excluding hydrogens is 158 g/mol. The minimum atomic E-state index is -0.763. The molecule has 2 aliphatic rings. The molecule has 0 spiro atoms. The van der Waals surface area contributed by atoms with Crippen LogP contribution in [0.3, 0.4) is 0 Å². The molecule has 2 rings (SSSR count). The standard InChI is InChI=1S/C8H11NO3/c1-7-3-5(10)9-8(7,2)12-6(11)4-7/h3-4H2,1-2H3,(H,9,10). The number of hydrogen-bond donors (Lipinski definition) is 1. The summed E-state index contributed by atoms with van der Waals surface area (Å²) in [7, 11) is 0. The van der Waals surface area contributed by atoms with E-state index in [-0.39, 0.29) is 17.3 Å². The Morgan fingerprint density at radius 2 is 2.00 bits per heavy atom. The maximum Gasteiger partial charge on any atom is 0.308 e. The molecule has 1 amide bonds. The zero-order valence-corrected chi connectivity index (χ0v) is 7.14. The Balaban J connectivity index is 2.38. The van der Waals surface area contributed by atoms with Crippen LogP contribution in [0.5, 0.6) is 0 Å². The normalized spacial score (nSPS) is 45.5. The lowest BCUT2D eigenvalue weighted by Gasteiger charge is -2.29. The topological polar surface area (TPSA) is 55.4 Å². The van der Waals surface area contributed by atoms with E-state index in [9.17, 15) is 9.59 Å². The number of nitrogens with one attached hydrogen (secondary N) is 1. The van der Waals surface area contributed by atoms with Gasteiger partial charge < -0.3 is 10.1 Å². The minimum Gasteiger partial charge on any atom is -0.439 e. The zero-order chi connectivity index (χ0) is 8.98. The second kappa shape index (κ2) is 1.81. The van der Waals surface area contributed by atoms with Crippen molar-refractivity contribution in [1.82, 2.24) is 5.32 Å². The molecule has 2 atom stereocenters. The Hall–Kier alpha value is -1.06. The number of carbonyl (C=O) groups is 2. The summed E-state index contributed by atoms with van der Waals surface area (Å²) in [6.07, 6.45) is 0.720. The Morgan fingerprint density at radius 3 is 2.58 bits per heavy atom. The van der Waals surface area contributed by atoms with Crippen LogP contribution in [0.4, 0.5) is 0 Å². The first-order valence-electron chi connectivity index (χ1n) is 3.98. The van der Waals surface area contributed by atoms with Gasteiger partial charge in [-0.25, -0.2) is 0 Å². The fraction of sp³-hybridized carbons (Fsp3) is 0.750. The molecule has 4 heteroatoms. The molecule has 0 saturated carbocycles. The van der Waals surface area contributed by atoms with Gasteiger partial charge in [-0.3, -0.25) is 9.59 Å². The van der Waals surface area contributed by atoms with Gasteiger partial charge >= 0.3 is 5.97 Å². The Labute approximate surface area is 70.3 Å². The Kier molecular flexibility index (Phi) is 1.14. The number of ether oxygens (including phenoxy) is 1. The molecule has 2 fully saturated rings. The highest BCUT2D eigenvalue weighted by molar-refractivity contribution is 5.85. The first kappa shape index (κ1) is 7.58. The summed E-state index contributed by atoms with van der Waals surface area (Å²) in [4.78, 5) is 22.1. The fourth-order valence-electron chi connectivity index (χ4n) is 1.95. The van der Waals surface area contributed by atoms with Gasteiger partial charge in [0.05, 0.1) is 6.42 Å². The molecule has 0 aromatic heterocycles. The predicted octanol–water partition coefficient (Wildman–Crippen LogP) is 0.176. The average molecular weight is 169 g/mol. The van der Waals surface area contributed by atoms with E-state index in [1.165, 1.54) is 0 Å². The summed E-state index contributed by atoms with van der Waals surface area (Å²) in [6, 6.07) is 0. The molecule has 0 radical (unpaired) electrons. The van der Waals surface area contributed by atoms with Gasteiger partial charge in [0.25, 0.3) is 0 Å². The minimum absolute atomic E-state index is 0.0347. The van der Waals surface area contributed by atoms with Crippen molar-refractivity contribution in [3.05, 3.63) is 0 Å². The van der Waals surface area contributed by atoms with E-state index in [2.05, 4.69) is 5.32 Å². The number of fused-ring (bicyclic) bond motifs is 1. The first-order chi connectivity index (χ1) is 5.45. The van der Waals surface area contributed by atoms with Gasteiger partial charge in [-0.15, -0.1) is 0 Å². The lowest BCUT2D eigenvalue weighted by molar-refractivity contribution is -0.151. The third-order valence-electron chi connectivity index (χ3n) is 2.93. The molecule has 0 aromatic carbocycles. The molecule has 0 bridgehead atoms. The number of carbonyl (C=O) groups excluding carboxylic acids is 2. The monoisotopic (exact) mass is 169 g/mol. The molecule has 66 valence electrons. The molecule has 2 heterocycles. The number of rotatable bonds is 0. The smallest absolute Gasteiger partial charge is 0.308 e. The molecule has 0 aliphatic carbocycles. The van der Waals surface area contributed by atoms with Gasteiger partial charge in [0, 0.05) is 11.8 Å². The molecule has 1 N–H and O–H groups in total. The summed E-state index contributed by atoms with van der Waals surface area (Å²) in [5.41, 5.74) is -1.11. The van der Waals surface area contributed by atoms with Crippen molar-refractivity contribution in [3.8, 4) is 0 Å².